The van der Waals surface area contributed by atoms with Gasteiger partial charge in [0.1, 0.15) is 11.5 Å². The van der Waals surface area contributed by atoms with Gasteiger partial charge in [-0.05, 0) is 24.6 Å². The summed E-state index contributed by atoms with van der Waals surface area (Å²) in [5, 5.41) is 2.64. The summed E-state index contributed by atoms with van der Waals surface area (Å²) in [6, 6.07) is 12.9. The maximum atomic E-state index is 12.3. The second-order valence-electron chi connectivity index (χ2n) is 6.02. The monoisotopic (exact) mass is 356 g/mol. The molecule has 0 aliphatic heterocycles. The number of hydrogen-bond donors (Lipinski definition) is 1. The Hall–Kier alpha value is -3.02. The number of hydrogen-bond acceptors (Lipinski definition) is 4. The van der Waals surface area contributed by atoms with Gasteiger partial charge in [-0.3, -0.25) is 9.59 Å². The standard InChI is InChI=1S/C20H24N2O4/c1-14-5-7-15(8-6-14)13-22(2)19(23)12-21-20(24)16-9-17(25-3)11-18(10-16)26-4/h5-11H,12-13H2,1-4H3,(H,21,24). The van der Waals surface area contributed by atoms with E-state index in [4.69, 9.17) is 9.47 Å². The van der Waals surface area contributed by atoms with Crippen molar-refractivity contribution < 1.29 is 19.1 Å². The zero-order valence-corrected chi connectivity index (χ0v) is 15.5. The fourth-order valence-electron chi connectivity index (χ4n) is 2.39. The topological polar surface area (TPSA) is 67.9 Å². The van der Waals surface area contributed by atoms with Crippen LogP contribution in [0.3, 0.4) is 0 Å². The molecular formula is C20H24N2O4. The van der Waals surface area contributed by atoms with Gasteiger partial charge in [-0.15, -0.1) is 0 Å². The molecule has 0 fully saturated rings. The van der Waals surface area contributed by atoms with Gasteiger partial charge >= 0.3 is 0 Å². The zero-order valence-electron chi connectivity index (χ0n) is 15.5. The highest BCUT2D eigenvalue weighted by atomic mass is 16.5. The van der Waals surface area contributed by atoms with Crippen molar-refractivity contribution in [2.75, 3.05) is 27.8 Å². The number of ether oxygens (including phenoxy) is 2. The summed E-state index contributed by atoms with van der Waals surface area (Å²) >= 11 is 0. The van der Waals surface area contributed by atoms with Gasteiger partial charge in [0, 0.05) is 25.2 Å². The molecule has 2 aromatic carbocycles. The molecule has 138 valence electrons. The van der Waals surface area contributed by atoms with Crippen LogP contribution in [0, 0.1) is 6.92 Å². The van der Waals surface area contributed by atoms with Crippen molar-refractivity contribution in [3.05, 3.63) is 59.2 Å². The van der Waals surface area contributed by atoms with E-state index in [1.807, 2.05) is 31.2 Å². The molecule has 0 bridgehead atoms. The minimum absolute atomic E-state index is 0.0826. The molecule has 0 radical (unpaired) electrons. The molecule has 1 N–H and O–H groups in total. The smallest absolute Gasteiger partial charge is 0.251 e. The molecule has 0 saturated heterocycles. The molecule has 2 amide bonds. The third kappa shape index (κ3) is 5.24. The number of nitrogens with zero attached hydrogens (tertiary/aromatic N) is 1. The molecular weight excluding hydrogens is 332 g/mol. The van der Waals surface area contributed by atoms with Crippen molar-refractivity contribution in [3.63, 3.8) is 0 Å². The largest absolute Gasteiger partial charge is 0.497 e. The van der Waals surface area contributed by atoms with Gasteiger partial charge in [0.15, 0.2) is 0 Å². The summed E-state index contributed by atoms with van der Waals surface area (Å²) in [4.78, 5) is 26.1. The molecule has 0 aliphatic rings. The Bertz CT molecular complexity index is 750. The SMILES string of the molecule is COc1cc(OC)cc(C(=O)NCC(=O)N(C)Cc2ccc(C)cc2)c1. The van der Waals surface area contributed by atoms with Gasteiger partial charge in [-0.2, -0.15) is 0 Å². The van der Waals surface area contributed by atoms with Crippen LogP contribution in [0.5, 0.6) is 11.5 Å². The zero-order chi connectivity index (χ0) is 19.1. The lowest BCUT2D eigenvalue weighted by molar-refractivity contribution is -0.129. The second kappa shape index (κ2) is 8.89. The molecule has 6 heteroatoms. The van der Waals surface area contributed by atoms with Gasteiger partial charge in [0.2, 0.25) is 5.91 Å². The minimum atomic E-state index is -0.362. The van der Waals surface area contributed by atoms with Gasteiger partial charge in [0.05, 0.1) is 20.8 Å². The van der Waals surface area contributed by atoms with Crippen molar-refractivity contribution >= 4 is 11.8 Å². The van der Waals surface area contributed by atoms with Gasteiger partial charge in [0.25, 0.3) is 5.91 Å². The maximum Gasteiger partial charge on any atom is 0.251 e. The Morgan fingerprint density at radius 1 is 1.00 bits per heavy atom. The van der Waals surface area contributed by atoms with E-state index in [-0.39, 0.29) is 18.4 Å². The first-order valence-electron chi connectivity index (χ1n) is 8.23. The number of nitrogens with one attached hydrogen (secondary N) is 1. The predicted octanol–water partition coefficient (Wildman–Crippen LogP) is 2.40. The molecule has 2 rings (SSSR count). The van der Waals surface area contributed by atoms with Crippen molar-refractivity contribution in [3.8, 4) is 11.5 Å². The fraction of sp³-hybridized carbons (Fsp3) is 0.300. The summed E-state index contributed by atoms with van der Waals surface area (Å²) in [7, 11) is 4.74. The number of aryl methyl sites for hydroxylation is 1. The predicted molar refractivity (Wildman–Crippen MR) is 99.5 cm³/mol. The van der Waals surface area contributed by atoms with Gasteiger partial charge in [-0.1, -0.05) is 29.8 Å². The first-order chi connectivity index (χ1) is 12.4. The van der Waals surface area contributed by atoms with Crippen molar-refractivity contribution in [1.82, 2.24) is 10.2 Å². The third-order valence-corrected chi connectivity index (χ3v) is 3.98. The quantitative estimate of drug-likeness (QED) is 0.827. The van der Waals surface area contributed by atoms with Gasteiger partial charge < -0.3 is 19.7 Å². The second-order valence-corrected chi connectivity index (χ2v) is 6.02. The fourth-order valence-corrected chi connectivity index (χ4v) is 2.39. The number of benzene rings is 2. The van der Waals surface area contributed by atoms with E-state index in [9.17, 15) is 9.59 Å². The lowest BCUT2D eigenvalue weighted by atomic mass is 10.1. The van der Waals surface area contributed by atoms with Crippen LogP contribution in [0.15, 0.2) is 42.5 Å². The van der Waals surface area contributed by atoms with Gasteiger partial charge in [-0.25, -0.2) is 0 Å². The maximum absolute atomic E-state index is 12.3. The first kappa shape index (κ1) is 19.3. The van der Waals surface area contributed by atoms with Crippen LogP contribution in [0.25, 0.3) is 0 Å². The molecule has 0 unspecified atom stereocenters. The van der Waals surface area contributed by atoms with E-state index in [1.54, 1.807) is 30.1 Å². The van der Waals surface area contributed by atoms with E-state index in [2.05, 4.69) is 5.32 Å². The van der Waals surface area contributed by atoms with E-state index in [1.165, 1.54) is 19.8 Å². The summed E-state index contributed by atoms with van der Waals surface area (Å²) < 4.78 is 10.3. The van der Waals surface area contributed by atoms with E-state index < -0.39 is 0 Å². The summed E-state index contributed by atoms with van der Waals surface area (Å²) in [6.45, 7) is 2.42. The number of amides is 2. The number of likely N-dealkylation sites (N-methyl/N-ethyl adjacent to an activating group) is 1. The highest BCUT2D eigenvalue weighted by Gasteiger charge is 2.14. The number of rotatable bonds is 7. The number of carbonyl (C=O) groups is 2. The first-order valence-corrected chi connectivity index (χ1v) is 8.23. The molecule has 0 aromatic heterocycles. The Balaban J connectivity index is 1.93. The molecule has 0 heterocycles. The Kier molecular flexibility index (Phi) is 6.60. The van der Waals surface area contributed by atoms with Crippen LogP contribution >= 0.6 is 0 Å². The lowest BCUT2D eigenvalue weighted by Crippen LogP contribution is -2.37. The summed E-state index contributed by atoms with van der Waals surface area (Å²) in [6.07, 6.45) is 0. The minimum Gasteiger partial charge on any atom is -0.497 e. The average molecular weight is 356 g/mol. The molecule has 2 aromatic rings. The Morgan fingerprint density at radius 2 is 1.58 bits per heavy atom. The normalized spacial score (nSPS) is 10.2. The molecule has 26 heavy (non-hydrogen) atoms. The van der Waals surface area contributed by atoms with Crippen LogP contribution in [-0.4, -0.2) is 44.5 Å². The Labute approximate surface area is 153 Å². The third-order valence-electron chi connectivity index (χ3n) is 3.98. The molecule has 0 aliphatic carbocycles. The number of methoxy groups -OCH3 is 2. The van der Waals surface area contributed by atoms with Crippen LogP contribution < -0.4 is 14.8 Å². The van der Waals surface area contributed by atoms with Crippen LogP contribution in [0.2, 0.25) is 0 Å². The van der Waals surface area contributed by atoms with E-state index in [0.717, 1.165) is 5.56 Å². The lowest BCUT2D eigenvalue weighted by Gasteiger charge is -2.18. The average Bonchev–Trinajstić information content (AvgIpc) is 2.66. The van der Waals surface area contributed by atoms with E-state index in [0.29, 0.717) is 23.6 Å². The van der Waals surface area contributed by atoms with Crippen molar-refractivity contribution in [1.29, 1.82) is 0 Å². The summed E-state index contributed by atoms with van der Waals surface area (Å²) in [5.41, 5.74) is 2.58. The van der Waals surface area contributed by atoms with Crippen molar-refractivity contribution in [2.45, 2.75) is 13.5 Å². The van der Waals surface area contributed by atoms with Crippen LogP contribution in [0.4, 0.5) is 0 Å². The highest BCUT2D eigenvalue weighted by Crippen LogP contribution is 2.22. The van der Waals surface area contributed by atoms with E-state index >= 15 is 0 Å². The van der Waals surface area contributed by atoms with Crippen LogP contribution in [0.1, 0.15) is 21.5 Å². The molecule has 0 atom stereocenters. The molecule has 6 nitrogen and oxygen atoms in total. The molecule has 0 spiro atoms. The van der Waals surface area contributed by atoms with Crippen molar-refractivity contribution in [2.24, 2.45) is 0 Å². The Morgan fingerprint density at radius 3 is 2.12 bits per heavy atom. The molecule has 0 saturated carbocycles. The summed E-state index contributed by atoms with van der Waals surface area (Å²) in [5.74, 6) is 0.489. The van der Waals surface area contributed by atoms with Crippen LogP contribution in [-0.2, 0) is 11.3 Å². The number of carbonyl (C=O) groups excluding carboxylic acids is 2. The highest BCUT2D eigenvalue weighted by molar-refractivity contribution is 5.97.